The van der Waals surface area contributed by atoms with Crippen LogP contribution in [-0.2, 0) is 16.0 Å². The SMILES string of the molecule is CC(CCc1ccccc1)NC(=O)CN1C(=O)C2CCCCN2c2ccc(C(=O)N(C)C)cc21. The van der Waals surface area contributed by atoms with Crippen LogP contribution in [0.1, 0.15) is 48.5 Å². The third-order valence-electron chi connectivity index (χ3n) is 6.70. The molecule has 2 aliphatic heterocycles. The normalized spacial score (nSPS) is 18.1. The van der Waals surface area contributed by atoms with Crippen LogP contribution in [0.3, 0.4) is 0 Å². The van der Waals surface area contributed by atoms with E-state index in [1.807, 2.05) is 37.3 Å². The molecular weight excluding hydrogens is 428 g/mol. The van der Waals surface area contributed by atoms with Gasteiger partial charge in [0.15, 0.2) is 0 Å². The first-order valence-corrected chi connectivity index (χ1v) is 12.1. The molecule has 7 nitrogen and oxygen atoms in total. The lowest BCUT2D eigenvalue weighted by Gasteiger charge is -2.45. The maximum absolute atomic E-state index is 13.5. The number of amides is 3. The van der Waals surface area contributed by atoms with E-state index in [1.54, 1.807) is 25.1 Å². The smallest absolute Gasteiger partial charge is 0.253 e. The Morgan fingerprint density at radius 1 is 1.09 bits per heavy atom. The molecule has 180 valence electrons. The van der Waals surface area contributed by atoms with Gasteiger partial charge in [0.05, 0.1) is 11.4 Å². The number of carbonyl (C=O) groups is 3. The Kier molecular flexibility index (Phi) is 7.20. The number of hydrogen-bond donors (Lipinski definition) is 1. The molecule has 0 saturated carbocycles. The fraction of sp³-hybridized carbons (Fsp3) is 0.444. The summed E-state index contributed by atoms with van der Waals surface area (Å²) in [4.78, 5) is 44.3. The van der Waals surface area contributed by atoms with Gasteiger partial charge in [0.2, 0.25) is 11.8 Å². The largest absolute Gasteiger partial charge is 0.358 e. The Bertz CT molecular complexity index is 1050. The molecule has 1 saturated heterocycles. The molecule has 0 aliphatic carbocycles. The second kappa shape index (κ2) is 10.3. The number of piperidine rings is 1. The van der Waals surface area contributed by atoms with Gasteiger partial charge in [-0.25, -0.2) is 0 Å². The first kappa shape index (κ1) is 23.8. The summed E-state index contributed by atoms with van der Waals surface area (Å²) in [7, 11) is 3.41. The van der Waals surface area contributed by atoms with E-state index < -0.39 is 0 Å². The quantitative estimate of drug-likeness (QED) is 0.686. The highest BCUT2D eigenvalue weighted by Gasteiger charge is 2.40. The molecule has 2 aromatic carbocycles. The molecule has 0 bridgehead atoms. The van der Waals surface area contributed by atoms with Crippen molar-refractivity contribution in [3.05, 3.63) is 59.7 Å². The maximum atomic E-state index is 13.5. The van der Waals surface area contributed by atoms with Crippen LogP contribution in [0.25, 0.3) is 0 Å². The van der Waals surface area contributed by atoms with Crippen molar-refractivity contribution in [1.29, 1.82) is 0 Å². The predicted molar refractivity (Wildman–Crippen MR) is 134 cm³/mol. The zero-order chi connectivity index (χ0) is 24.2. The molecule has 1 fully saturated rings. The highest BCUT2D eigenvalue weighted by Crippen LogP contribution is 2.40. The molecule has 4 rings (SSSR count). The van der Waals surface area contributed by atoms with Crippen LogP contribution in [-0.4, -0.2) is 61.9 Å². The Hall–Kier alpha value is -3.35. The molecular formula is C27H34N4O3. The Balaban J connectivity index is 1.51. The predicted octanol–water partition coefficient (Wildman–Crippen LogP) is 3.23. The van der Waals surface area contributed by atoms with Crippen molar-refractivity contribution >= 4 is 29.1 Å². The van der Waals surface area contributed by atoms with Crippen molar-refractivity contribution < 1.29 is 14.4 Å². The second-order valence-electron chi connectivity index (χ2n) is 9.53. The fourth-order valence-corrected chi connectivity index (χ4v) is 4.88. The minimum atomic E-state index is -0.250. The van der Waals surface area contributed by atoms with Gasteiger partial charge in [0, 0.05) is 32.2 Å². The molecule has 7 heteroatoms. The summed E-state index contributed by atoms with van der Waals surface area (Å²) in [5.41, 5.74) is 3.31. The van der Waals surface area contributed by atoms with Crippen LogP contribution in [0, 0.1) is 0 Å². The molecule has 0 aromatic heterocycles. The van der Waals surface area contributed by atoms with E-state index in [4.69, 9.17) is 0 Å². The minimum absolute atomic E-state index is 0.0140. The first-order valence-electron chi connectivity index (χ1n) is 12.1. The van der Waals surface area contributed by atoms with Gasteiger partial charge in [-0.2, -0.15) is 0 Å². The van der Waals surface area contributed by atoms with Crippen molar-refractivity contribution in [2.45, 2.75) is 51.1 Å². The van der Waals surface area contributed by atoms with Crippen molar-refractivity contribution in [1.82, 2.24) is 10.2 Å². The van der Waals surface area contributed by atoms with E-state index in [0.29, 0.717) is 11.3 Å². The van der Waals surface area contributed by atoms with Crippen molar-refractivity contribution in [2.75, 3.05) is 37.0 Å². The average Bonchev–Trinajstić information content (AvgIpc) is 2.85. The van der Waals surface area contributed by atoms with Crippen molar-refractivity contribution in [2.24, 2.45) is 0 Å². The molecule has 2 aliphatic rings. The molecule has 0 spiro atoms. The number of nitrogens with one attached hydrogen (secondary N) is 1. The molecule has 2 heterocycles. The lowest BCUT2D eigenvalue weighted by Crippen LogP contribution is -2.57. The average molecular weight is 463 g/mol. The van der Waals surface area contributed by atoms with E-state index in [2.05, 4.69) is 22.3 Å². The third-order valence-corrected chi connectivity index (χ3v) is 6.70. The molecule has 34 heavy (non-hydrogen) atoms. The third kappa shape index (κ3) is 5.08. The number of rotatable bonds is 7. The van der Waals surface area contributed by atoms with Crippen molar-refractivity contribution in [3.63, 3.8) is 0 Å². The Morgan fingerprint density at radius 3 is 2.59 bits per heavy atom. The van der Waals surface area contributed by atoms with Gasteiger partial charge in [-0.05, 0) is 62.8 Å². The monoisotopic (exact) mass is 462 g/mol. The van der Waals surface area contributed by atoms with Gasteiger partial charge in [-0.3, -0.25) is 19.3 Å². The highest BCUT2D eigenvalue weighted by molar-refractivity contribution is 6.09. The maximum Gasteiger partial charge on any atom is 0.253 e. The molecule has 2 aromatic rings. The van der Waals surface area contributed by atoms with Gasteiger partial charge < -0.3 is 15.1 Å². The number of benzene rings is 2. The second-order valence-corrected chi connectivity index (χ2v) is 9.53. The number of anilines is 2. The van der Waals surface area contributed by atoms with E-state index in [0.717, 1.165) is 44.3 Å². The van der Waals surface area contributed by atoms with Crippen LogP contribution in [0.4, 0.5) is 11.4 Å². The first-order chi connectivity index (χ1) is 16.3. The molecule has 1 N–H and O–H groups in total. The van der Waals surface area contributed by atoms with Gasteiger partial charge in [-0.1, -0.05) is 30.3 Å². The van der Waals surface area contributed by atoms with E-state index in [1.165, 1.54) is 10.5 Å². The summed E-state index contributed by atoms with van der Waals surface area (Å²) >= 11 is 0. The minimum Gasteiger partial charge on any atom is -0.358 e. The summed E-state index contributed by atoms with van der Waals surface area (Å²) in [6.07, 6.45) is 4.50. The standard InChI is InChI=1S/C27H34N4O3/c1-19(12-13-20-9-5-4-6-10-20)28-25(32)18-31-24-17-21(26(33)29(2)3)14-15-22(24)30-16-8-7-11-23(30)27(31)34/h4-6,9-10,14-15,17,19,23H,7-8,11-13,16,18H2,1-3H3,(H,28,32). The van der Waals surface area contributed by atoms with Gasteiger partial charge in [-0.15, -0.1) is 0 Å². The summed E-state index contributed by atoms with van der Waals surface area (Å²) in [5.74, 6) is -0.378. The Labute approximate surface area is 201 Å². The zero-order valence-corrected chi connectivity index (χ0v) is 20.3. The van der Waals surface area contributed by atoms with Crippen LogP contribution < -0.4 is 15.1 Å². The Morgan fingerprint density at radius 2 is 1.85 bits per heavy atom. The van der Waals surface area contributed by atoms with Crippen LogP contribution >= 0.6 is 0 Å². The lowest BCUT2D eigenvalue weighted by molar-refractivity contribution is -0.125. The summed E-state index contributed by atoms with van der Waals surface area (Å²) in [6.45, 7) is 2.75. The van der Waals surface area contributed by atoms with Crippen LogP contribution in [0.2, 0.25) is 0 Å². The highest BCUT2D eigenvalue weighted by atomic mass is 16.2. The van der Waals surface area contributed by atoms with Crippen LogP contribution in [0.5, 0.6) is 0 Å². The number of fused-ring (bicyclic) bond motifs is 3. The zero-order valence-electron chi connectivity index (χ0n) is 20.3. The van der Waals surface area contributed by atoms with Crippen LogP contribution in [0.15, 0.2) is 48.5 Å². The fourth-order valence-electron chi connectivity index (χ4n) is 4.88. The lowest BCUT2D eigenvalue weighted by atomic mass is 9.95. The molecule has 2 atom stereocenters. The summed E-state index contributed by atoms with van der Waals surface area (Å²) in [5, 5.41) is 3.05. The van der Waals surface area contributed by atoms with E-state index in [9.17, 15) is 14.4 Å². The van der Waals surface area contributed by atoms with Gasteiger partial charge in [0.25, 0.3) is 5.91 Å². The molecule has 2 unspecified atom stereocenters. The number of aryl methyl sites for hydroxylation is 1. The van der Waals surface area contributed by atoms with E-state index in [-0.39, 0.29) is 36.3 Å². The number of carbonyl (C=O) groups excluding carboxylic acids is 3. The number of hydrogen-bond acceptors (Lipinski definition) is 4. The summed E-state index contributed by atoms with van der Waals surface area (Å²) < 4.78 is 0. The summed E-state index contributed by atoms with van der Waals surface area (Å²) in [6, 6.07) is 15.4. The van der Waals surface area contributed by atoms with Gasteiger partial charge >= 0.3 is 0 Å². The van der Waals surface area contributed by atoms with Gasteiger partial charge in [0.1, 0.15) is 12.6 Å². The molecule has 0 radical (unpaired) electrons. The van der Waals surface area contributed by atoms with Crippen molar-refractivity contribution in [3.8, 4) is 0 Å². The van der Waals surface area contributed by atoms with E-state index >= 15 is 0 Å². The topological polar surface area (TPSA) is 73.0 Å². The molecule has 3 amide bonds. The number of nitrogens with zero attached hydrogens (tertiary/aromatic N) is 3.